The summed E-state index contributed by atoms with van der Waals surface area (Å²) in [7, 11) is 0. The topological polar surface area (TPSA) is 43.4 Å². The molecule has 100 valence electrons. The van der Waals surface area contributed by atoms with Gasteiger partial charge in [-0.25, -0.2) is 4.79 Å². The molecule has 0 amide bonds. The average molecular weight is 258 g/mol. The standard InChI is InChI=1S/C16H18O3/c1-3-12-4-6-13(7-5-12)16(18)19-15-9-11(2)8-14(17)10-15/h4-7,10-11H,3,8-9H2,1-2H3. The molecule has 1 aromatic carbocycles. The van der Waals surface area contributed by atoms with E-state index in [4.69, 9.17) is 4.74 Å². The zero-order valence-electron chi connectivity index (χ0n) is 11.3. The van der Waals surface area contributed by atoms with Crippen molar-refractivity contribution < 1.29 is 14.3 Å². The van der Waals surface area contributed by atoms with Gasteiger partial charge in [-0.1, -0.05) is 26.0 Å². The summed E-state index contributed by atoms with van der Waals surface area (Å²) in [5.41, 5.74) is 1.70. The Morgan fingerprint density at radius 3 is 2.53 bits per heavy atom. The molecule has 0 bridgehead atoms. The molecule has 1 unspecified atom stereocenters. The summed E-state index contributed by atoms with van der Waals surface area (Å²) in [5, 5.41) is 0. The van der Waals surface area contributed by atoms with E-state index in [-0.39, 0.29) is 11.7 Å². The van der Waals surface area contributed by atoms with E-state index in [1.165, 1.54) is 11.6 Å². The monoisotopic (exact) mass is 258 g/mol. The molecule has 2 rings (SSSR count). The number of rotatable bonds is 3. The highest BCUT2D eigenvalue weighted by molar-refractivity contribution is 5.93. The van der Waals surface area contributed by atoms with Crippen molar-refractivity contribution in [2.24, 2.45) is 5.92 Å². The van der Waals surface area contributed by atoms with Gasteiger partial charge in [0.25, 0.3) is 0 Å². The number of hydrogen-bond donors (Lipinski definition) is 0. The fraction of sp³-hybridized carbons (Fsp3) is 0.375. The molecule has 0 N–H and O–H groups in total. The minimum Gasteiger partial charge on any atom is -0.427 e. The Hall–Kier alpha value is -1.90. The van der Waals surface area contributed by atoms with E-state index in [2.05, 4.69) is 6.92 Å². The molecule has 0 spiro atoms. The second-order valence-corrected chi connectivity index (χ2v) is 5.03. The molecule has 0 aliphatic heterocycles. The molecule has 1 atom stereocenters. The molecule has 3 nitrogen and oxygen atoms in total. The highest BCUT2D eigenvalue weighted by Gasteiger charge is 2.20. The van der Waals surface area contributed by atoms with Crippen molar-refractivity contribution in [3.63, 3.8) is 0 Å². The predicted molar refractivity (Wildman–Crippen MR) is 72.7 cm³/mol. The van der Waals surface area contributed by atoms with Crippen molar-refractivity contribution in [1.29, 1.82) is 0 Å². The Bertz CT molecular complexity index is 511. The summed E-state index contributed by atoms with van der Waals surface area (Å²) in [5.74, 6) is 0.356. The normalized spacial score (nSPS) is 18.9. The molecule has 1 aliphatic carbocycles. The highest BCUT2D eigenvalue weighted by atomic mass is 16.5. The van der Waals surface area contributed by atoms with Crippen LogP contribution in [0.4, 0.5) is 0 Å². The third-order valence-electron chi connectivity index (χ3n) is 3.24. The smallest absolute Gasteiger partial charge is 0.343 e. The summed E-state index contributed by atoms with van der Waals surface area (Å²) in [4.78, 5) is 23.4. The van der Waals surface area contributed by atoms with Crippen LogP contribution in [0.3, 0.4) is 0 Å². The van der Waals surface area contributed by atoms with Gasteiger partial charge in [-0.3, -0.25) is 4.79 Å². The second-order valence-electron chi connectivity index (χ2n) is 5.03. The predicted octanol–water partition coefficient (Wildman–Crippen LogP) is 3.29. The minimum absolute atomic E-state index is 0.0304. The van der Waals surface area contributed by atoms with Crippen LogP contribution in [-0.4, -0.2) is 11.8 Å². The van der Waals surface area contributed by atoms with Gasteiger partial charge in [0.05, 0.1) is 5.56 Å². The van der Waals surface area contributed by atoms with Crippen LogP contribution in [0.15, 0.2) is 36.1 Å². The summed E-state index contributed by atoms with van der Waals surface area (Å²) in [6, 6.07) is 7.35. The van der Waals surface area contributed by atoms with Gasteiger partial charge in [0.1, 0.15) is 5.76 Å². The first kappa shape index (κ1) is 13.5. The van der Waals surface area contributed by atoms with E-state index in [0.29, 0.717) is 24.2 Å². The molecule has 0 aromatic heterocycles. The lowest BCUT2D eigenvalue weighted by Gasteiger charge is -2.17. The Kier molecular flexibility index (Phi) is 4.15. The number of aryl methyl sites for hydroxylation is 1. The van der Waals surface area contributed by atoms with Crippen molar-refractivity contribution in [1.82, 2.24) is 0 Å². The van der Waals surface area contributed by atoms with E-state index in [1.54, 1.807) is 12.1 Å². The maximum atomic E-state index is 12.0. The molecule has 0 saturated carbocycles. The van der Waals surface area contributed by atoms with Crippen LogP contribution in [0.2, 0.25) is 0 Å². The van der Waals surface area contributed by atoms with E-state index >= 15 is 0 Å². The minimum atomic E-state index is -0.393. The number of esters is 1. The number of benzene rings is 1. The van der Waals surface area contributed by atoms with Crippen LogP contribution in [0, 0.1) is 5.92 Å². The van der Waals surface area contributed by atoms with Crippen molar-refractivity contribution in [3.8, 4) is 0 Å². The Morgan fingerprint density at radius 1 is 1.26 bits per heavy atom. The van der Waals surface area contributed by atoms with Crippen LogP contribution < -0.4 is 0 Å². The second kappa shape index (κ2) is 5.83. The van der Waals surface area contributed by atoms with Gasteiger partial charge in [-0.15, -0.1) is 0 Å². The Labute approximate surface area is 113 Å². The third kappa shape index (κ3) is 3.53. The zero-order chi connectivity index (χ0) is 13.8. The molecule has 0 saturated heterocycles. The van der Waals surface area contributed by atoms with Gasteiger partial charge in [0.15, 0.2) is 5.78 Å². The zero-order valence-corrected chi connectivity index (χ0v) is 11.3. The summed E-state index contributed by atoms with van der Waals surface area (Å²) in [6.45, 7) is 4.04. The van der Waals surface area contributed by atoms with E-state index in [9.17, 15) is 9.59 Å². The lowest BCUT2D eigenvalue weighted by atomic mass is 9.94. The summed E-state index contributed by atoms with van der Waals surface area (Å²) < 4.78 is 5.29. The molecule has 1 aliphatic rings. The largest absolute Gasteiger partial charge is 0.427 e. The van der Waals surface area contributed by atoms with Crippen LogP contribution in [0.25, 0.3) is 0 Å². The lowest BCUT2D eigenvalue weighted by Crippen LogP contribution is -2.15. The first-order valence-corrected chi connectivity index (χ1v) is 6.63. The van der Waals surface area contributed by atoms with Gasteiger partial charge in [0.2, 0.25) is 0 Å². The van der Waals surface area contributed by atoms with Crippen molar-refractivity contribution in [3.05, 3.63) is 47.2 Å². The van der Waals surface area contributed by atoms with Gasteiger partial charge < -0.3 is 4.74 Å². The quantitative estimate of drug-likeness (QED) is 0.781. The van der Waals surface area contributed by atoms with Crippen molar-refractivity contribution in [2.45, 2.75) is 33.1 Å². The van der Waals surface area contributed by atoms with E-state index in [1.807, 2.05) is 19.1 Å². The molecular formula is C16H18O3. The van der Waals surface area contributed by atoms with Crippen LogP contribution in [-0.2, 0) is 16.0 Å². The van der Waals surface area contributed by atoms with Crippen molar-refractivity contribution >= 4 is 11.8 Å². The first-order chi connectivity index (χ1) is 9.08. The molecule has 0 fully saturated rings. The van der Waals surface area contributed by atoms with E-state index in [0.717, 1.165) is 6.42 Å². The SMILES string of the molecule is CCc1ccc(C(=O)OC2=CC(=O)CC(C)C2)cc1. The van der Waals surface area contributed by atoms with E-state index < -0.39 is 5.97 Å². The maximum Gasteiger partial charge on any atom is 0.343 e. The number of carbonyl (C=O) groups excluding carboxylic acids is 2. The lowest BCUT2D eigenvalue weighted by molar-refractivity contribution is -0.116. The number of ketones is 1. The molecule has 3 heteroatoms. The molecule has 0 radical (unpaired) electrons. The van der Waals surface area contributed by atoms with Crippen LogP contribution >= 0.6 is 0 Å². The fourth-order valence-electron chi connectivity index (χ4n) is 2.18. The van der Waals surface area contributed by atoms with Crippen molar-refractivity contribution in [2.75, 3.05) is 0 Å². The first-order valence-electron chi connectivity index (χ1n) is 6.63. The van der Waals surface area contributed by atoms with Gasteiger partial charge in [0, 0.05) is 18.9 Å². The highest BCUT2D eigenvalue weighted by Crippen LogP contribution is 2.23. The van der Waals surface area contributed by atoms with Crippen LogP contribution in [0.1, 0.15) is 42.6 Å². The molecule has 0 heterocycles. The number of hydrogen-bond acceptors (Lipinski definition) is 3. The Morgan fingerprint density at radius 2 is 1.95 bits per heavy atom. The van der Waals surface area contributed by atoms with Gasteiger partial charge in [-0.2, -0.15) is 0 Å². The molecular weight excluding hydrogens is 240 g/mol. The van der Waals surface area contributed by atoms with Gasteiger partial charge in [-0.05, 0) is 30.0 Å². The van der Waals surface area contributed by atoms with Crippen LogP contribution in [0.5, 0.6) is 0 Å². The number of carbonyl (C=O) groups is 2. The number of ether oxygens (including phenoxy) is 1. The Balaban J connectivity index is 2.06. The average Bonchev–Trinajstić information content (AvgIpc) is 2.37. The molecule has 1 aromatic rings. The number of allylic oxidation sites excluding steroid dienone is 2. The summed E-state index contributed by atoms with van der Waals surface area (Å²) >= 11 is 0. The third-order valence-corrected chi connectivity index (χ3v) is 3.24. The summed E-state index contributed by atoms with van der Waals surface area (Å²) in [6.07, 6.45) is 3.56. The van der Waals surface area contributed by atoms with Gasteiger partial charge >= 0.3 is 5.97 Å². The molecule has 19 heavy (non-hydrogen) atoms. The fourth-order valence-corrected chi connectivity index (χ4v) is 2.18. The maximum absolute atomic E-state index is 12.0.